The molecule has 0 bridgehead atoms. The number of benzene rings is 2. The van der Waals surface area contributed by atoms with Gasteiger partial charge in [-0.05, 0) is 37.3 Å². The molecule has 0 saturated heterocycles. The molecule has 5 nitrogen and oxygen atoms in total. The molecular formula is C19H14Cl2N2O3S. The van der Waals surface area contributed by atoms with Crippen LogP contribution in [0.25, 0.3) is 10.9 Å². The molecule has 138 valence electrons. The summed E-state index contributed by atoms with van der Waals surface area (Å²) in [6.07, 6.45) is 0. The Morgan fingerprint density at radius 3 is 2.37 bits per heavy atom. The molecule has 2 aromatic carbocycles. The molecule has 0 aliphatic rings. The van der Waals surface area contributed by atoms with Crippen LogP contribution in [0, 0.1) is 6.92 Å². The van der Waals surface area contributed by atoms with Crippen LogP contribution in [0.3, 0.4) is 0 Å². The Labute approximate surface area is 166 Å². The number of aromatic nitrogens is 1. The van der Waals surface area contributed by atoms with Crippen LogP contribution in [0.1, 0.15) is 16.1 Å². The largest absolute Gasteiger partial charge is 0.389 e. The molecule has 0 saturated carbocycles. The van der Waals surface area contributed by atoms with Gasteiger partial charge in [0.1, 0.15) is 11.4 Å². The van der Waals surface area contributed by atoms with Gasteiger partial charge in [0.25, 0.3) is 10.0 Å². The van der Waals surface area contributed by atoms with E-state index in [2.05, 4.69) is 12.3 Å². The normalized spacial score (nSPS) is 11.4. The number of ketones is 1. The van der Waals surface area contributed by atoms with E-state index >= 15 is 0 Å². The van der Waals surface area contributed by atoms with Crippen LogP contribution in [-0.4, -0.2) is 18.2 Å². The van der Waals surface area contributed by atoms with E-state index in [9.17, 15) is 13.2 Å². The Kier molecular flexibility index (Phi) is 4.93. The number of hydrogen-bond donors (Lipinski definition) is 1. The van der Waals surface area contributed by atoms with Crippen LogP contribution in [0.4, 0.5) is 0 Å². The number of aryl methyl sites for hydroxylation is 1. The van der Waals surface area contributed by atoms with E-state index < -0.39 is 15.8 Å². The third kappa shape index (κ3) is 3.29. The van der Waals surface area contributed by atoms with Crippen molar-refractivity contribution < 1.29 is 13.2 Å². The summed E-state index contributed by atoms with van der Waals surface area (Å²) in [4.78, 5) is 12.7. The number of fused-ring (bicyclic) bond motifs is 1. The fraction of sp³-hybridized carbons (Fsp3) is 0.0526. The molecule has 1 heterocycles. The lowest BCUT2D eigenvalue weighted by atomic mass is 10.2. The molecule has 0 fully saturated rings. The zero-order valence-electron chi connectivity index (χ0n) is 14.2. The summed E-state index contributed by atoms with van der Waals surface area (Å²) in [5.41, 5.74) is 8.51. The number of halogens is 2. The van der Waals surface area contributed by atoms with E-state index in [-0.39, 0.29) is 31.8 Å². The SMILES string of the molecule is C=C=C(N)C(=O)c1cc2c(Cl)cc(Cl)cc2n1S(=O)(=O)c1ccc(C)cc1. The molecule has 2 N–H and O–H groups in total. The zero-order valence-corrected chi connectivity index (χ0v) is 16.5. The van der Waals surface area contributed by atoms with E-state index in [1.807, 2.05) is 6.92 Å². The Morgan fingerprint density at radius 2 is 1.78 bits per heavy atom. The number of nitrogens with zero attached hydrogens (tertiary/aromatic N) is 1. The molecule has 27 heavy (non-hydrogen) atoms. The highest BCUT2D eigenvalue weighted by Gasteiger charge is 2.28. The van der Waals surface area contributed by atoms with Gasteiger partial charge in [-0.1, -0.05) is 53.2 Å². The van der Waals surface area contributed by atoms with Gasteiger partial charge in [0.2, 0.25) is 5.78 Å². The predicted octanol–water partition coefficient (Wildman–Crippen LogP) is 4.30. The van der Waals surface area contributed by atoms with Crippen molar-refractivity contribution in [3.8, 4) is 0 Å². The minimum atomic E-state index is -4.13. The summed E-state index contributed by atoms with van der Waals surface area (Å²) >= 11 is 12.3. The van der Waals surface area contributed by atoms with Gasteiger partial charge >= 0.3 is 0 Å². The lowest BCUT2D eigenvalue weighted by Gasteiger charge is -2.12. The number of carbonyl (C=O) groups excluding carboxylic acids is 1. The number of Topliss-reactive ketones (excluding diaryl/α,β-unsaturated/α-hetero) is 1. The highest BCUT2D eigenvalue weighted by molar-refractivity contribution is 7.90. The molecule has 3 rings (SSSR count). The van der Waals surface area contributed by atoms with E-state index in [1.165, 1.54) is 30.3 Å². The van der Waals surface area contributed by atoms with Crippen LogP contribution >= 0.6 is 23.2 Å². The Balaban J connectivity index is 2.44. The summed E-state index contributed by atoms with van der Waals surface area (Å²) in [6, 6.07) is 10.5. The highest BCUT2D eigenvalue weighted by Crippen LogP contribution is 2.34. The molecule has 8 heteroatoms. The summed E-state index contributed by atoms with van der Waals surface area (Å²) in [7, 11) is -4.13. The van der Waals surface area contributed by atoms with Crippen LogP contribution in [-0.2, 0) is 10.0 Å². The van der Waals surface area contributed by atoms with Gasteiger partial charge in [0.15, 0.2) is 0 Å². The maximum atomic E-state index is 13.3. The quantitative estimate of drug-likeness (QED) is 0.387. The summed E-state index contributed by atoms with van der Waals surface area (Å²) in [5.74, 6) is -0.732. The Hall–Kier alpha value is -2.50. The summed E-state index contributed by atoms with van der Waals surface area (Å²) in [6.45, 7) is 5.18. The van der Waals surface area contributed by atoms with Gasteiger partial charge in [-0.15, -0.1) is 0 Å². The second kappa shape index (κ2) is 6.91. The first-order valence-electron chi connectivity index (χ1n) is 7.69. The maximum Gasteiger partial charge on any atom is 0.268 e. The third-order valence-corrected chi connectivity index (χ3v) is 6.29. The number of allylic oxidation sites excluding steroid dienone is 1. The van der Waals surface area contributed by atoms with Crippen LogP contribution in [0.2, 0.25) is 10.0 Å². The molecule has 0 aliphatic carbocycles. The average molecular weight is 421 g/mol. The lowest BCUT2D eigenvalue weighted by Crippen LogP contribution is -2.21. The number of hydrogen-bond acceptors (Lipinski definition) is 4. The van der Waals surface area contributed by atoms with E-state index in [0.717, 1.165) is 9.54 Å². The average Bonchev–Trinajstić information content (AvgIpc) is 3.01. The fourth-order valence-electron chi connectivity index (χ4n) is 2.66. The minimum Gasteiger partial charge on any atom is -0.389 e. The zero-order chi connectivity index (χ0) is 19.9. The topological polar surface area (TPSA) is 82.2 Å². The molecule has 0 amide bonds. The first-order chi connectivity index (χ1) is 12.7. The van der Waals surface area contributed by atoms with Crippen molar-refractivity contribution in [2.45, 2.75) is 11.8 Å². The first kappa shape index (κ1) is 19.3. The molecule has 0 aliphatic heterocycles. The second-order valence-electron chi connectivity index (χ2n) is 5.85. The van der Waals surface area contributed by atoms with Crippen LogP contribution in [0.5, 0.6) is 0 Å². The summed E-state index contributed by atoms with van der Waals surface area (Å²) in [5, 5.41) is 0.805. The van der Waals surface area contributed by atoms with E-state index in [4.69, 9.17) is 28.9 Å². The van der Waals surface area contributed by atoms with E-state index in [1.54, 1.807) is 12.1 Å². The standard InChI is InChI=1S/C19H14Cl2N2O3S/c1-3-16(22)19(24)18-10-14-15(21)8-12(20)9-17(14)23(18)27(25,26)13-6-4-11(2)5-7-13/h4-10H,1,22H2,2H3. The number of carbonyl (C=O) groups is 1. The third-order valence-electron chi connectivity index (χ3n) is 4.02. The molecule has 0 atom stereocenters. The van der Waals surface area contributed by atoms with Crippen LogP contribution < -0.4 is 5.73 Å². The van der Waals surface area contributed by atoms with Crippen molar-refractivity contribution in [2.24, 2.45) is 5.73 Å². The smallest absolute Gasteiger partial charge is 0.268 e. The molecule has 0 radical (unpaired) electrons. The van der Waals surface area contributed by atoms with Gasteiger partial charge in [-0.2, -0.15) is 0 Å². The van der Waals surface area contributed by atoms with Crippen LogP contribution in [0.15, 0.2) is 65.4 Å². The molecular weight excluding hydrogens is 407 g/mol. The molecule has 0 spiro atoms. The van der Waals surface area contributed by atoms with Gasteiger partial charge in [-0.25, -0.2) is 12.4 Å². The van der Waals surface area contributed by atoms with Gasteiger partial charge in [0, 0.05) is 10.4 Å². The lowest BCUT2D eigenvalue weighted by molar-refractivity contribution is 0.102. The molecule has 1 aromatic heterocycles. The van der Waals surface area contributed by atoms with Crippen molar-refractivity contribution in [3.63, 3.8) is 0 Å². The van der Waals surface area contributed by atoms with Gasteiger partial charge in [-0.3, -0.25) is 4.79 Å². The van der Waals surface area contributed by atoms with Crippen molar-refractivity contribution in [3.05, 3.63) is 81.8 Å². The highest BCUT2D eigenvalue weighted by atomic mass is 35.5. The maximum absolute atomic E-state index is 13.3. The molecule has 3 aromatic rings. The van der Waals surface area contributed by atoms with Crippen molar-refractivity contribution in [2.75, 3.05) is 0 Å². The number of rotatable bonds is 4. The van der Waals surface area contributed by atoms with Gasteiger partial charge in [0.05, 0.1) is 15.4 Å². The van der Waals surface area contributed by atoms with Crippen molar-refractivity contribution >= 4 is 49.9 Å². The summed E-state index contributed by atoms with van der Waals surface area (Å²) < 4.78 is 27.5. The second-order valence-corrected chi connectivity index (χ2v) is 8.48. The van der Waals surface area contributed by atoms with Crippen molar-refractivity contribution in [1.29, 1.82) is 0 Å². The Bertz CT molecular complexity index is 1240. The number of nitrogens with two attached hydrogens (primary N) is 1. The molecule has 0 unspecified atom stereocenters. The van der Waals surface area contributed by atoms with Crippen molar-refractivity contribution in [1.82, 2.24) is 3.97 Å². The fourth-order valence-corrected chi connectivity index (χ4v) is 4.69. The Morgan fingerprint density at radius 1 is 1.15 bits per heavy atom. The first-order valence-corrected chi connectivity index (χ1v) is 9.89. The predicted molar refractivity (Wildman–Crippen MR) is 107 cm³/mol. The monoisotopic (exact) mass is 420 g/mol. The minimum absolute atomic E-state index is 0.0110. The van der Waals surface area contributed by atoms with E-state index in [0.29, 0.717) is 5.39 Å². The van der Waals surface area contributed by atoms with Gasteiger partial charge < -0.3 is 5.73 Å².